The van der Waals surface area contributed by atoms with Crippen LogP contribution in [-0.2, 0) is 4.74 Å². The summed E-state index contributed by atoms with van der Waals surface area (Å²) in [6.07, 6.45) is 0. The summed E-state index contributed by atoms with van der Waals surface area (Å²) in [6, 6.07) is 8.96. The number of esters is 1. The lowest BCUT2D eigenvalue weighted by molar-refractivity contribution is 0.0526. The molecule has 0 aliphatic rings. The van der Waals surface area contributed by atoms with E-state index in [4.69, 9.17) is 4.74 Å². The highest BCUT2D eigenvalue weighted by molar-refractivity contribution is 5.89. The number of carbonyl (C=O) groups excluding carboxylic acids is 1. The number of rotatable bonds is 2. The monoisotopic (exact) mass is 152 g/mol. The Kier molecular flexibility index (Phi) is 2.66. The third kappa shape index (κ3) is 2.08. The topological polar surface area (TPSA) is 26.3 Å². The van der Waals surface area contributed by atoms with Crippen molar-refractivity contribution >= 4 is 5.97 Å². The van der Waals surface area contributed by atoms with E-state index in [1.54, 1.807) is 19.1 Å². The molecule has 0 spiro atoms. The summed E-state index contributed by atoms with van der Waals surface area (Å²) in [4.78, 5) is 11.0. The predicted octanol–water partition coefficient (Wildman–Crippen LogP) is 2.11. The Balaban J connectivity index is 0.00000121. The van der Waals surface area contributed by atoms with Crippen molar-refractivity contribution in [1.29, 1.82) is 0 Å². The van der Waals surface area contributed by atoms with Crippen LogP contribution in [0, 0.1) is 0 Å². The predicted molar refractivity (Wildman–Crippen MR) is 44.5 cm³/mol. The minimum absolute atomic E-state index is 0. The molecule has 0 aliphatic heterocycles. The normalized spacial score (nSPS) is 9.18. The summed E-state index contributed by atoms with van der Waals surface area (Å²) >= 11 is 0. The Bertz CT molecular complexity index is 234. The molecule has 11 heavy (non-hydrogen) atoms. The summed E-state index contributed by atoms with van der Waals surface area (Å²) in [5, 5.41) is 0. The lowest BCUT2D eigenvalue weighted by Gasteiger charge is -1.99. The summed E-state index contributed by atoms with van der Waals surface area (Å²) in [5.41, 5.74) is 0.606. The van der Waals surface area contributed by atoms with Crippen molar-refractivity contribution in [3.05, 3.63) is 35.9 Å². The zero-order chi connectivity index (χ0) is 8.10. The van der Waals surface area contributed by atoms with E-state index in [1.807, 2.05) is 18.2 Å². The van der Waals surface area contributed by atoms with Gasteiger partial charge < -0.3 is 4.74 Å². The van der Waals surface area contributed by atoms with E-state index in [9.17, 15) is 4.79 Å². The molecule has 0 aromatic heterocycles. The van der Waals surface area contributed by atoms with E-state index < -0.39 is 0 Å². The number of benzene rings is 1. The summed E-state index contributed by atoms with van der Waals surface area (Å²) in [6.45, 7) is 2.22. The van der Waals surface area contributed by atoms with Crippen molar-refractivity contribution in [3.8, 4) is 0 Å². The smallest absolute Gasteiger partial charge is 0.338 e. The Morgan fingerprint density at radius 2 is 2.09 bits per heavy atom. The number of hydrogen-bond acceptors (Lipinski definition) is 2. The molecule has 0 atom stereocenters. The summed E-state index contributed by atoms with van der Waals surface area (Å²) < 4.78 is 4.79. The van der Waals surface area contributed by atoms with Gasteiger partial charge in [-0.3, -0.25) is 0 Å². The first-order chi connectivity index (χ1) is 5.34. The van der Waals surface area contributed by atoms with Gasteiger partial charge >= 0.3 is 5.97 Å². The molecule has 2 nitrogen and oxygen atoms in total. The molecule has 0 aliphatic carbocycles. The number of ether oxygens (including phenoxy) is 1. The van der Waals surface area contributed by atoms with Gasteiger partial charge in [-0.1, -0.05) is 18.2 Å². The first kappa shape index (κ1) is 7.79. The largest absolute Gasteiger partial charge is 0.462 e. The second-order valence-electron chi connectivity index (χ2n) is 2.09. The Hall–Kier alpha value is -1.31. The lowest BCUT2D eigenvalue weighted by Crippen LogP contribution is -2.03. The molecule has 1 aromatic carbocycles. The van der Waals surface area contributed by atoms with Crippen molar-refractivity contribution in [2.75, 3.05) is 6.61 Å². The van der Waals surface area contributed by atoms with Gasteiger partial charge in [-0.25, -0.2) is 4.79 Å². The number of carbonyl (C=O) groups is 1. The van der Waals surface area contributed by atoms with Gasteiger partial charge in [0.15, 0.2) is 0 Å². The van der Waals surface area contributed by atoms with Crippen LogP contribution in [0.4, 0.5) is 0 Å². The van der Waals surface area contributed by atoms with Gasteiger partial charge in [-0.2, -0.15) is 0 Å². The van der Waals surface area contributed by atoms with Crippen LogP contribution >= 0.6 is 0 Å². The van der Waals surface area contributed by atoms with Crippen LogP contribution < -0.4 is 0 Å². The van der Waals surface area contributed by atoms with Crippen LogP contribution in [0.2, 0.25) is 0 Å². The van der Waals surface area contributed by atoms with Gasteiger partial charge in [0.2, 0.25) is 0 Å². The van der Waals surface area contributed by atoms with Crippen molar-refractivity contribution in [2.24, 2.45) is 0 Å². The second-order valence-corrected chi connectivity index (χ2v) is 2.09. The molecule has 1 rings (SSSR count). The van der Waals surface area contributed by atoms with Crippen LogP contribution in [0.5, 0.6) is 0 Å². The maximum absolute atomic E-state index is 11.0. The van der Waals surface area contributed by atoms with Crippen LogP contribution in [-0.4, -0.2) is 12.6 Å². The van der Waals surface area contributed by atoms with E-state index in [-0.39, 0.29) is 7.40 Å². The van der Waals surface area contributed by atoms with Crippen molar-refractivity contribution in [3.63, 3.8) is 0 Å². The Morgan fingerprint density at radius 1 is 1.45 bits per heavy atom. The van der Waals surface area contributed by atoms with E-state index in [2.05, 4.69) is 0 Å². The van der Waals surface area contributed by atoms with E-state index in [0.29, 0.717) is 12.2 Å². The fourth-order valence-electron chi connectivity index (χ4n) is 0.789. The molecule has 0 N–H and O–H groups in total. The van der Waals surface area contributed by atoms with Crippen molar-refractivity contribution in [2.45, 2.75) is 6.92 Å². The molecular formula is C9H12O2. The SMILES string of the molecule is CCOC(=O)c1ccccc1.[HH]. The molecule has 0 saturated heterocycles. The molecular weight excluding hydrogens is 140 g/mol. The van der Waals surface area contributed by atoms with Crippen molar-refractivity contribution < 1.29 is 11.0 Å². The van der Waals surface area contributed by atoms with E-state index >= 15 is 0 Å². The maximum Gasteiger partial charge on any atom is 0.338 e. The molecule has 0 heterocycles. The Morgan fingerprint density at radius 3 is 2.64 bits per heavy atom. The molecule has 1 aromatic rings. The molecule has 60 valence electrons. The zero-order valence-corrected chi connectivity index (χ0v) is 6.41. The zero-order valence-electron chi connectivity index (χ0n) is 6.41. The lowest BCUT2D eigenvalue weighted by atomic mass is 10.2. The summed E-state index contributed by atoms with van der Waals surface area (Å²) in [5.74, 6) is -0.256. The van der Waals surface area contributed by atoms with Crippen LogP contribution in [0.1, 0.15) is 18.7 Å². The van der Waals surface area contributed by atoms with E-state index in [0.717, 1.165) is 0 Å². The standard InChI is InChI=1S/C9H10O2.H2/c1-2-11-9(10)8-6-4-3-5-7-8;/h3-7H,2H2,1H3;1H. The van der Waals surface area contributed by atoms with Crippen LogP contribution in [0.3, 0.4) is 0 Å². The first-order valence-electron chi connectivity index (χ1n) is 3.56. The second kappa shape index (κ2) is 3.76. The number of hydrogen-bond donors (Lipinski definition) is 0. The highest BCUT2D eigenvalue weighted by Crippen LogP contribution is 1.99. The third-order valence-corrected chi connectivity index (χ3v) is 1.28. The molecule has 0 unspecified atom stereocenters. The molecule has 0 saturated carbocycles. The minimum atomic E-state index is -0.256. The van der Waals surface area contributed by atoms with E-state index in [1.165, 1.54) is 0 Å². The average molecular weight is 152 g/mol. The van der Waals surface area contributed by atoms with Crippen LogP contribution in [0.15, 0.2) is 30.3 Å². The van der Waals surface area contributed by atoms with Gasteiger partial charge in [0.1, 0.15) is 0 Å². The van der Waals surface area contributed by atoms with Gasteiger partial charge in [-0.05, 0) is 19.1 Å². The van der Waals surface area contributed by atoms with Crippen molar-refractivity contribution in [1.82, 2.24) is 0 Å². The molecule has 0 bridgehead atoms. The van der Waals surface area contributed by atoms with Gasteiger partial charge in [0.25, 0.3) is 0 Å². The van der Waals surface area contributed by atoms with Crippen LogP contribution in [0.25, 0.3) is 0 Å². The fraction of sp³-hybridized carbons (Fsp3) is 0.222. The molecule has 0 fully saturated rings. The minimum Gasteiger partial charge on any atom is -0.462 e. The molecule has 0 radical (unpaired) electrons. The highest BCUT2D eigenvalue weighted by Gasteiger charge is 2.02. The third-order valence-electron chi connectivity index (χ3n) is 1.28. The van der Waals surface area contributed by atoms with Gasteiger partial charge in [-0.15, -0.1) is 0 Å². The van der Waals surface area contributed by atoms with Gasteiger partial charge in [0.05, 0.1) is 12.2 Å². The quantitative estimate of drug-likeness (QED) is 0.607. The molecule has 0 amide bonds. The highest BCUT2D eigenvalue weighted by atomic mass is 16.5. The average Bonchev–Trinajstić information content (AvgIpc) is 2.07. The Labute approximate surface area is 67.3 Å². The fourth-order valence-corrected chi connectivity index (χ4v) is 0.789. The summed E-state index contributed by atoms with van der Waals surface area (Å²) in [7, 11) is 0. The van der Waals surface area contributed by atoms with Gasteiger partial charge in [0, 0.05) is 1.43 Å². The first-order valence-corrected chi connectivity index (χ1v) is 3.56. The maximum atomic E-state index is 11.0. The molecule has 2 heteroatoms.